The Labute approximate surface area is 135 Å². The second kappa shape index (κ2) is 6.32. The van der Waals surface area contributed by atoms with Crippen LogP contribution in [-0.2, 0) is 0 Å². The average molecular weight is 306 g/mol. The van der Waals surface area contributed by atoms with E-state index < -0.39 is 0 Å². The summed E-state index contributed by atoms with van der Waals surface area (Å²) < 4.78 is 0. The van der Waals surface area contributed by atoms with Crippen molar-refractivity contribution in [3.63, 3.8) is 0 Å². The van der Waals surface area contributed by atoms with Crippen LogP contribution in [0.1, 0.15) is 11.1 Å². The number of hydrogen-bond donors (Lipinski definition) is 0. The van der Waals surface area contributed by atoms with Crippen molar-refractivity contribution in [1.82, 2.24) is 9.97 Å². The van der Waals surface area contributed by atoms with Gasteiger partial charge in [0.05, 0.1) is 5.69 Å². The maximum Gasteiger partial charge on any atom is 0.117 e. The van der Waals surface area contributed by atoms with Crippen molar-refractivity contribution < 1.29 is 0 Å². The van der Waals surface area contributed by atoms with Crippen molar-refractivity contribution in [3.8, 4) is 22.4 Å². The van der Waals surface area contributed by atoms with Gasteiger partial charge in [-0.1, -0.05) is 59.7 Å². The lowest BCUT2D eigenvalue weighted by molar-refractivity contribution is 1.06. The molecule has 110 valence electrons. The predicted molar refractivity (Wildman–Crippen MR) is 94.2 cm³/mol. The minimum Gasteiger partial charge on any atom is -0.236 e. The number of rotatable bonds is 3. The summed E-state index contributed by atoms with van der Waals surface area (Å²) in [5.41, 5.74) is 6.88. The molecule has 0 bridgehead atoms. The van der Waals surface area contributed by atoms with E-state index in [1.807, 2.05) is 0 Å². The molecule has 0 saturated carbocycles. The molecule has 0 amide bonds. The Balaban J connectivity index is 2.22. The van der Waals surface area contributed by atoms with E-state index in [4.69, 9.17) is 0 Å². The second-order valence-corrected chi connectivity index (χ2v) is 6.13. The van der Waals surface area contributed by atoms with Crippen molar-refractivity contribution in [2.75, 3.05) is 6.26 Å². The van der Waals surface area contributed by atoms with E-state index in [-0.39, 0.29) is 0 Å². The molecule has 22 heavy (non-hydrogen) atoms. The van der Waals surface area contributed by atoms with Crippen LogP contribution in [0.3, 0.4) is 0 Å². The highest BCUT2D eigenvalue weighted by Gasteiger charge is 2.14. The summed E-state index contributed by atoms with van der Waals surface area (Å²) >= 11 is 1.66. The summed E-state index contributed by atoms with van der Waals surface area (Å²) in [7, 11) is 0. The monoisotopic (exact) mass is 306 g/mol. The lowest BCUT2D eigenvalue weighted by Gasteiger charge is -2.12. The van der Waals surface area contributed by atoms with Gasteiger partial charge < -0.3 is 0 Å². The van der Waals surface area contributed by atoms with Crippen LogP contribution in [0.5, 0.6) is 0 Å². The van der Waals surface area contributed by atoms with Crippen molar-refractivity contribution in [3.05, 3.63) is 66.0 Å². The van der Waals surface area contributed by atoms with Crippen LogP contribution in [0, 0.1) is 13.8 Å². The molecular formula is C19H18N2S. The highest BCUT2D eigenvalue weighted by Crippen LogP contribution is 2.36. The van der Waals surface area contributed by atoms with Gasteiger partial charge in [0, 0.05) is 11.1 Å². The molecule has 0 aliphatic heterocycles. The summed E-state index contributed by atoms with van der Waals surface area (Å²) in [6, 6.07) is 17.0. The molecule has 0 aliphatic carbocycles. The zero-order chi connectivity index (χ0) is 15.5. The maximum atomic E-state index is 4.56. The lowest BCUT2D eigenvalue weighted by atomic mass is 9.99. The number of aryl methyl sites for hydroxylation is 2. The largest absolute Gasteiger partial charge is 0.236 e. The Morgan fingerprint density at radius 3 is 1.82 bits per heavy atom. The normalized spacial score (nSPS) is 10.7. The molecule has 0 atom stereocenters. The fourth-order valence-corrected chi connectivity index (χ4v) is 3.01. The fraction of sp³-hybridized carbons (Fsp3) is 0.158. The lowest BCUT2D eigenvalue weighted by Crippen LogP contribution is -1.95. The van der Waals surface area contributed by atoms with Crippen LogP contribution in [0.2, 0.25) is 0 Å². The molecule has 3 aromatic rings. The Bertz CT molecular complexity index is 778. The van der Waals surface area contributed by atoms with E-state index in [0.29, 0.717) is 0 Å². The van der Waals surface area contributed by atoms with Gasteiger partial charge in [0.2, 0.25) is 0 Å². The third kappa shape index (κ3) is 2.90. The molecule has 0 saturated heterocycles. The second-order valence-electron chi connectivity index (χ2n) is 5.34. The van der Waals surface area contributed by atoms with Crippen molar-refractivity contribution in [2.45, 2.75) is 18.9 Å². The first kappa shape index (κ1) is 14.8. The molecule has 1 aromatic heterocycles. The van der Waals surface area contributed by atoms with Gasteiger partial charge in [-0.05, 0) is 25.7 Å². The average Bonchev–Trinajstić information content (AvgIpc) is 2.56. The molecule has 0 aliphatic rings. The molecule has 0 N–H and O–H groups in total. The molecule has 3 heteroatoms. The van der Waals surface area contributed by atoms with Gasteiger partial charge in [0.1, 0.15) is 11.4 Å². The molecule has 2 nitrogen and oxygen atoms in total. The molecule has 2 aromatic carbocycles. The topological polar surface area (TPSA) is 25.8 Å². The van der Waals surface area contributed by atoms with Gasteiger partial charge in [-0.2, -0.15) is 0 Å². The molecule has 0 radical (unpaired) electrons. The van der Waals surface area contributed by atoms with E-state index in [0.717, 1.165) is 27.4 Å². The van der Waals surface area contributed by atoms with Gasteiger partial charge in [-0.25, -0.2) is 9.97 Å². The molecule has 3 rings (SSSR count). The maximum absolute atomic E-state index is 4.56. The predicted octanol–water partition coefficient (Wildman–Crippen LogP) is 5.15. The van der Waals surface area contributed by atoms with Crippen LogP contribution in [0.4, 0.5) is 0 Å². The van der Waals surface area contributed by atoms with Crippen molar-refractivity contribution in [2.24, 2.45) is 0 Å². The highest BCUT2D eigenvalue weighted by molar-refractivity contribution is 7.98. The van der Waals surface area contributed by atoms with Crippen LogP contribution >= 0.6 is 11.8 Å². The van der Waals surface area contributed by atoms with E-state index in [9.17, 15) is 0 Å². The van der Waals surface area contributed by atoms with Crippen LogP contribution in [0.25, 0.3) is 22.4 Å². The van der Waals surface area contributed by atoms with Crippen LogP contribution in [0.15, 0.2) is 59.9 Å². The van der Waals surface area contributed by atoms with E-state index >= 15 is 0 Å². The Morgan fingerprint density at radius 2 is 1.27 bits per heavy atom. The third-order valence-electron chi connectivity index (χ3n) is 3.67. The van der Waals surface area contributed by atoms with E-state index in [1.165, 1.54) is 11.1 Å². The quantitative estimate of drug-likeness (QED) is 0.494. The van der Waals surface area contributed by atoms with Gasteiger partial charge in [0.25, 0.3) is 0 Å². The first-order valence-electron chi connectivity index (χ1n) is 7.22. The highest BCUT2D eigenvalue weighted by atomic mass is 32.2. The summed E-state index contributed by atoms with van der Waals surface area (Å²) in [5.74, 6) is 0. The minimum absolute atomic E-state index is 0.989. The number of benzene rings is 2. The summed E-state index contributed by atoms with van der Waals surface area (Å²) in [6.45, 7) is 4.19. The summed E-state index contributed by atoms with van der Waals surface area (Å²) in [6.07, 6.45) is 3.71. The standard InChI is InChI=1S/C19H18N2S/c1-13-4-8-15(9-5-13)17-18(20-12-21-19(17)22-3)16-10-6-14(2)7-11-16/h4-12H,1-3H3. The van der Waals surface area contributed by atoms with Crippen LogP contribution < -0.4 is 0 Å². The molecular weight excluding hydrogens is 288 g/mol. The van der Waals surface area contributed by atoms with Gasteiger partial charge in [-0.15, -0.1) is 11.8 Å². The number of aromatic nitrogens is 2. The summed E-state index contributed by atoms with van der Waals surface area (Å²) in [5, 5.41) is 1.01. The first-order valence-corrected chi connectivity index (χ1v) is 8.44. The molecule has 0 spiro atoms. The van der Waals surface area contributed by atoms with Gasteiger partial charge in [-0.3, -0.25) is 0 Å². The fourth-order valence-electron chi connectivity index (χ4n) is 2.43. The Kier molecular flexibility index (Phi) is 4.25. The SMILES string of the molecule is CSc1ncnc(-c2ccc(C)cc2)c1-c1ccc(C)cc1. The zero-order valence-corrected chi connectivity index (χ0v) is 13.8. The first-order chi connectivity index (χ1) is 10.7. The molecule has 1 heterocycles. The van der Waals surface area contributed by atoms with Gasteiger partial charge in [0.15, 0.2) is 0 Å². The minimum atomic E-state index is 0.989. The summed E-state index contributed by atoms with van der Waals surface area (Å²) in [4.78, 5) is 9.01. The third-order valence-corrected chi connectivity index (χ3v) is 4.37. The zero-order valence-electron chi connectivity index (χ0n) is 13.0. The molecule has 0 fully saturated rings. The number of nitrogens with zero attached hydrogens (tertiary/aromatic N) is 2. The van der Waals surface area contributed by atoms with Crippen molar-refractivity contribution in [1.29, 1.82) is 0 Å². The van der Waals surface area contributed by atoms with E-state index in [1.54, 1.807) is 18.1 Å². The van der Waals surface area contributed by atoms with Gasteiger partial charge >= 0.3 is 0 Å². The Morgan fingerprint density at radius 1 is 0.727 bits per heavy atom. The Hall–Kier alpha value is -2.13. The van der Waals surface area contributed by atoms with Crippen LogP contribution in [-0.4, -0.2) is 16.2 Å². The van der Waals surface area contributed by atoms with Crippen molar-refractivity contribution >= 4 is 11.8 Å². The number of hydrogen-bond acceptors (Lipinski definition) is 3. The molecule has 0 unspecified atom stereocenters. The smallest absolute Gasteiger partial charge is 0.117 e. The van der Waals surface area contributed by atoms with E-state index in [2.05, 4.69) is 78.6 Å². The number of thioether (sulfide) groups is 1.